The van der Waals surface area contributed by atoms with Gasteiger partial charge >= 0.3 is 0 Å². The van der Waals surface area contributed by atoms with Gasteiger partial charge in [-0.15, -0.1) is 11.3 Å². The van der Waals surface area contributed by atoms with Crippen molar-refractivity contribution in [2.24, 2.45) is 5.92 Å². The van der Waals surface area contributed by atoms with Crippen LogP contribution in [-0.4, -0.2) is 42.1 Å². The Morgan fingerprint density at radius 2 is 2.23 bits per heavy atom. The molecule has 2 aromatic rings. The van der Waals surface area contributed by atoms with Crippen molar-refractivity contribution < 1.29 is 18.8 Å². The molecule has 1 fully saturated rings. The lowest BCUT2D eigenvalue weighted by molar-refractivity contribution is -0.132. The highest BCUT2D eigenvalue weighted by atomic mass is 32.1. The van der Waals surface area contributed by atoms with Crippen LogP contribution in [-0.2, 0) is 11.2 Å². The quantitative estimate of drug-likeness (QED) is 0.789. The number of nitrogens with one attached hydrogen (secondary N) is 1. The topological polar surface area (TPSA) is 79.6 Å². The summed E-state index contributed by atoms with van der Waals surface area (Å²) in [5.41, 5.74) is 0.887. The summed E-state index contributed by atoms with van der Waals surface area (Å²) in [4.78, 5) is 38.4. The predicted octanol–water partition coefficient (Wildman–Crippen LogP) is 2.75. The number of ketones is 1. The first-order valence-electron chi connectivity index (χ1n) is 8.70. The molecule has 0 unspecified atom stereocenters. The third kappa shape index (κ3) is 4.60. The normalized spacial score (nSPS) is 17.1. The average molecular weight is 374 g/mol. The van der Waals surface area contributed by atoms with Crippen LogP contribution in [0.3, 0.4) is 0 Å². The smallest absolute Gasteiger partial charge is 0.286 e. The zero-order valence-electron chi connectivity index (χ0n) is 14.7. The monoisotopic (exact) mass is 374 g/mol. The van der Waals surface area contributed by atoms with E-state index in [0.29, 0.717) is 30.1 Å². The summed E-state index contributed by atoms with van der Waals surface area (Å²) in [5, 5.41) is 4.75. The number of amides is 2. The average Bonchev–Trinajstić information content (AvgIpc) is 3.32. The van der Waals surface area contributed by atoms with Gasteiger partial charge in [-0.25, -0.2) is 0 Å². The number of piperidine rings is 1. The lowest BCUT2D eigenvalue weighted by Crippen LogP contribution is -2.44. The summed E-state index contributed by atoms with van der Waals surface area (Å²) in [7, 11) is 0. The Bertz CT molecular complexity index is 781. The molecule has 3 rings (SSSR count). The Morgan fingerprint density at radius 3 is 2.92 bits per heavy atom. The highest BCUT2D eigenvalue weighted by Crippen LogP contribution is 2.20. The standard InChI is InChI=1S/C19H22N2O4S/c1-13(22)17-8-15(12-26-17)9-18(23)21-6-2-4-14(11-21)10-20-19(24)16-5-3-7-25-16/h3,5,7-8,12,14H,2,4,6,9-11H2,1H3,(H,20,24)/t14-/m1/s1. The number of carbonyl (C=O) groups is 3. The van der Waals surface area contributed by atoms with Gasteiger partial charge in [-0.3, -0.25) is 14.4 Å². The van der Waals surface area contributed by atoms with Crippen LogP contribution < -0.4 is 5.32 Å². The summed E-state index contributed by atoms with van der Waals surface area (Å²) in [6.45, 7) is 3.44. The van der Waals surface area contributed by atoms with Gasteiger partial charge in [0.15, 0.2) is 11.5 Å². The molecule has 2 aromatic heterocycles. The van der Waals surface area contributed by atoms with Crippen molar-refractivity contribution in [2.75, 3.05) is 19.6 Å². The van der Waals surface area contributed by atoms with Crippen LogP contribution in [0.5, 0.6) is 0 Å². The molecule has 1 aliphatic rings. The Labute approximate surface area is 156 Å². The van der Waals surface area contributed by atoms with Crippen LogP contribution in [0.1, 0.15) is 45.6 Å². The summed E-state index contributed by atoms with van der Waals surface area (Å²) in [6, 6.07) is 5.11. The summed E-state index contributed by atoms with van der Waals surface area (Å²) >= 11 is 1.38. The molecule has 1 atom stereocenters. The maximum Gasteiger partial charge on any atom is 0.286 e. The number of nitrogens with zero attached hydrogens (tertiary/aromatic N) is 1. The second-order valence-electron chi connectivity index (χ2n) is 6.59. The number of likely N-dealkylation sites (tertiary alicyclic amines) is 1. The third-order valence-corrected chi connectivity index (χ3v) is 5.60. The number of hydrogen-bond acceptors (Lipinski definition) is 5. The second kappa shape index (κ2) is 8.31. The van der Waals surface area contributed by atoms with Crippen LogP contribution in [0.2, 0.25) is 0 Å². The van der Waals surface area contributed by atoms with Gasteiger partial charge in [0.05, 0.1) is 17.6 Å². The van der Waals surface area contributed by atoms with Crippen molar-refractivity contribution in [3.05, 3.63) is 46.0 Å². The van der Waals surface area contributed by atoms with Crippen LogP contribution in [0.25, 0.3) is 0 Å². The Hall–Kier alpha value is -2.41. The van der Waals surface area contributed by atoms with Crippen molar-refractivity contribution in [1.82, 2.24) is 10.2 Å². The number of thiophene rings is 1. The first-order valence-corrected chi connectivity index (χ1v) is 9.58. The van der Waals surface area contributed by atoms with E-state index in [9.17, 15) is 14.4 Å². The third-order valence-electron chi connectivity index (χ3n) is 4.52. The molecule has 0 radical (unpaired) electrons. The minimum atomic E-state index is -0.228. The van der Waals surface area contributed by atoms with E-state index in [1.54, 1.807) is 18.2 Å². The molecule has 26 heavy (non-hydrogen) atoms. The molecule has 1 N–H and O–H groups in total. The molecule has 138 valence electrons. The number of Topliss-reactive ketones (excluding diaryl/α,β-unsaturated/α-hetero) is 1. The Kier molecular flexibility index (Phi) is 5.88. The predicted molar refractivity (Wildman–Crippen MR) is 98.4 cm³/mol. The molecule has 0 aromatic carbocycles. The van der Waals surface area contributed by atoms with Gasteiger partial charge in [-0.2, -0.15) is 0 Å². The molecule has 0 bridgehead atoms. The molecule has 1 aliphatic heterocycles. The van der Waals surface area contributed by atoms with Crippen LogP contribution in [0.4, 0.5) is 0 Å². The summed E-state index contributed by atoms with van der Waals surface area (Å²) in [5.74, 6) is 0.404. The first kappa shape index (κ1) is 18.4. The van der Waals surface area contributed by atoms with Crippen LogP contribution in [0.15, 0.2) is 34.3 Å². The van der Waals surface area contributed by atoms with E-state index in [0.717, 1.165) is 24.9 Å². The van der Waals surface area contributed by atoms with E-state index < -0.39 is 0 Å². The summed E-state index contributed by atoms with van der Waals surface area (Å²) in [6.07, 6.45) is 3.69. The number of rotatable bonds is 6. The number of hydrogen-bond donors (Lipinski definition) is 1. The molecule has 1 saturated heterocycles. The van der Waals surface area contributed by atoms with Crippen molar-refractivity contribution in [3.63, 3.8) is 0 Å². The highest BCUT2D eigenvalue weighted by molar-refractivity contribution is 7.12. The molecular weight excluding hydrogens is 352 g/mol. The fraction of sp³-hybridized carbons (Fsp3) is 0.421. The number of carbonyl (C=O) groups excluding carboxylic acids is 3. The van der Waals surface area contributed by atoms with E-state index in [1.807, 2.05) is 10.3 Å². The maximum absolute atomic E-state index is 12.6. The fourth-order valence-electron chi connectivity index (χ4n) is 3.13. The van der Waals surface area contributed by atoms with Gasteiger partial charge in [0.2, 0.25) is 5.91 Å². The molecule has 7 heteroatoms. The van der Waals surface area contributed by atoms with Crippen LogP contribution in [0, 0.1) is 5.92 Å². The fourth-order valence-corrected chi connectivity index (χ4v) is 3.94. The Balaban J connectivity index is 1.49. The molecule has 0 spiro atoms. The van der Waals surface area contributed by atoms with E-state index in [2.05, 4.69) is 5.32 Å². The van der Waals surface area contributed by atoms with Gasteiger partial charge in [-0.1, -0.05) is 0 Å². The molecule has 6 nitrogen and oxygen atoms in total. The molecule has 0 aliphatic carbocycles. The van der Waals surface area contributed by atoms with Gasteiger partial charge in [0.25, 0.3) is 5.91 Å². The lowest BCUT2D eigenvalue weighted by atomic mass is 9.97. The maximum atomic E-state index is 12.6. The molecule has 0 saturated carbocycles. The molecule has 3 heterocycles. The van der Waals surface area contributed by atoms with Gasteiger partial charge in [-0.05, 0) is 54.8 Å². The van der Waals surface area contributed by atoms with E-state index in [4.69, 9.17) is 4.42 Å². The minimum Gasteiger partial charge on any atom is -0.459 e. The van der Waals surface area contributed by atoms with E-state index >= 15 is 0 Å². The number of furan rings is 1. The highest BCUT2D eigenvalue weighted by Gasteiger charge is 2.24. The van der Waals surface area contributed by atoms with Crippen LogP contribution >= 0.6 is 11.3 Å². The molecular formula is C19H22N2O4S. The van der Waals surface area contributed by atoms with Crippen molar-refractivity contribution >= 4 is 28.9 Å². The lowest BCUT2D eigenvalue weighted by Gasteiger charge is -2.33. The van der Waals surface area contributed by atoms with Gasteiger partial charge < -0.3 is 14.6 Å². The first-order chi connectivity index (χ1) is 12.5. The van der Waals surface area contributed by atoms with Crippen molar-refractivity contribution in [2.45, 2.75) is 26.2 Å². The van der Waals surface area contributed by atoms with Gasteiger partial charge in [0.1, 0.15) is 0 Å². The minimum absolute atomic E-state index is 0.0269. The largest absolute Gasteiger partial charge is 0.459 e. The van der Waals surface area contributed by atoms with Crippen molar-refractivity contribution in [1.29, 1.82) is 0 Å². The zero-order chi connectivity index (χ0) is 18.5. The van der Waals surface area contributed by atoms with Crippen molar-refractivity contribution in [3.8, 4) is 0 Å². The summed E-state index contributed by atoms with van der Waals surface area (Å²) < 4.78 is 5.08. The van der Waals surface area contributed by atoms with E-state index in [1.165, 1.54) is 24.5 Å². The second-order valence-corrected chi connectivity index (χ2v) is 7.50. The van der Waals surface area contributed by atoms with E-state index in [-0.39, 0.29) is 23.5 Å². The Morgan fingerprint density at radius 1 is 1.38 bits per heavy atom. The zero-order valence-corrected chi connectivity index (χ0v) is 15.5. The SMILES string of the molecule is CC(=O)c1cc(CC(=O)N2CCC[C@H](CNC(=O)c3ccco3)C2)cs1. The van der Waals surface area contributed by atoms with Gasteiger partial charge in [0, 0.05) is 19.6 Å². The molecule has 2 amide bonds.